The van der Waals surface area contributed by atoms with E-state index in [4.69, 9.17) is 11.6 Å². The second-order valence-corrected chi connectivity index (χ2v) is 7.68. The number of hydrogen-bond acceptors (Lipinski definition) is 1. The van der Waals surface area contributed by atoms with Crippen LogP contribution in [0.4, 0.5) is 4.39 Å². The largest absolute Gasteiger partial charge is 0.327 e. The Bertz CT molecular complexity index is 649. The molecule has 0 radical (unpaired) electrons. The lowest BCUT2D eigenvalue weighted by atomic mass is 9.81. The molecule has 2 aromatic rings. The summed E-state index contributed by atoms with van der Waals surface area (Å²) in [4.78, 5) is 4.57. The average Bonchev–Trinajstić information content (AvgIpc) is 2.68. The van der Waals surface area contributed by atoms with Crippen LogP contribution in [0.3, 0.4) is 0 Å². The zero-order chi connectivity index (χ0) is 15.8. The summed E-state index contributed by atoms with van der Waals surface area (Å²) in [5.74, 6) is 1.68. The third-order valence-electron chi connectivity index (χ3n) is 4.32. The second kappa shape index (κ2) is 6.25. The van der Waals surface area contributed by atoms with Crippen molar-refractivity contribution in [2.45, 2.75) is 40.7 Å². The molecule has 5 heteroatoms. The maximum atomic E-state index is 13.7. The molecule has 0 aliphatic heterocycles. The molecule has 0 aliphatic carbocycles. The lowest BCUT2D eigenvalue weighted by molar-refractivity contribution is 0.210. The fraction of sp³-hybridized carbons (Fsp3) is 0.562. The topological polar surface area (TPSA) is 17.8 Å². The molecule has 0 atom stereocenters. The molecule has 0 bridgehead atoms. The molecule has 116 valence electrons. The van der Waals surface area contributed by atoms with Crippen LogP contribution in [-0.2, 0) is 13.0 Å². The number of aromatic nitrogens is 2. The van der Waals surface area contributed by atoms with Crippen molar-refractivity contribution in [3.8, 4) is 0 Å². The fourth-order valence-electron chi connectivity index (χ4n) is 2.21. The fourth-order valence-corrected chi connectivity index (χ4v) is 2.71. The number of halogens is 3. The quantitative estimate of drug-likeness (QED) is 0.640. The van der Waals surface area contributed by atoms with Crippen molar-refractivity contribution in [1.29, 1.82) is 0 Å². The van der Waals surface area contributed by atoms with Crippen molar-refractivity contribution < 1.29 is 4.39 Å². The summed E-state index contributed by atoms with van der Waals surface area (Å²) < 4.78 is 16.4. The lowest BCUT2D eigenvalue weighted by Gasteiger charge is -2.30. The van der Waals surface area contributed by atoms with Crippen LogP contribution >= 0.6 is 27.5 Å². The van der Waals surface area contributed by atoms with E-state index in [1.165, 1.54) is 6.07 Å². The Morgan fingerprint density at radius 1 is 1.38 bits per heavy atom. The van der Waals surface area contributed by atoms with Gasteiger partial charge in [0.25, 0.3) is 0 Å². The summed E-state index contributed by atoms with van der Waals surface area (Å²) in [6, 6.07) is 3.29. The van der Waals surface area contributed by atoms with Crippen LogP contribution in [0.25, 0.3) is 11.0 Å². The Labute approximate surface area is 138 Å². The van der Waals surface area contributed by atoms with Gasteiger partial charge in [-0.1, -0.05) is 27.7 Å². The number of aryl methyl sites for hydroxylation is 1. The molecule has 0 saturated carbocycles. The lowest BCUT2D eigenvalue weighted by Crippen LogP contribution is -2.26. The summed E-state index contributed by atoms with van der Waals surface area (Å²) in [6.45, 7) is 9.76. The Morgan fingerprint density at radius 2 is 2.05 bits per heavy atom. The molecule has 21 heavy (non-hydrogen) atoms. The molecule has 0 N–H and O–H groups in total. The van der Waals surface area contributed by atoms with Gasteiger partial charge in [0.15, 0.2) is 0 Å². The molecule has 1 heterocycles. The summed E-state index contributed by atoms with van der Waals surface area (Å²) in [7, 11) is 0. The number of fused-ring (bicyclic) bond motifs is 1. The zero-order valence-corrected chi connectivity index (χ0v) is 15.2. The first kappa shape index (κ1) is 16.8. The molecule has 1 aromatic carbocycles. The van der Waals surface area contributed by atoms with Gasteiger partial charge in [0, 0.05) is 24.9 Å². The van der Waals surface area contributed by atoms with E-state index < -0.39 is 0 Å². The van der Waals surface area contributed by atoms with Gasteiger partial charge >= 0.3 is 0 Å². The van der Waals surface area contributed by atoms with Gasteiger partial charge in [-0.15, -0.1) is 11.6 Å². The molecule has 2 rings (SSSR count). The van der Waals surface area contributed by atoms with Gasteiger partial charge in [-0.25, -0.2) is 9.37 Å². The number of benzene rings is 1. The van der Waals surface area contributed by atoms with Crippen molar-refractivity contribution in [3.05, 3.63) is 28.2 Å². The van der Waals surface area contributed by atoms with Crippen LogP contribution in [-0.4, -0.2) is 15.4 Å². The van der Waals surface area contributed by atoms with Crippen LogP contribution in [0.5, 0.6) is 0 Å². The van der Waals surface area contributed by atoms with Gasteiger partial charge < -0.3 is 4.57 Å². The van der Waals surface area contributed by atoms with Gasteiger partial charge in [0.2, 0.25) is 0 Å². The molecule has 0 saturated heterocycles. The normalized spacial score (nSPS) is 12.6. The Hall–Kier alpha value is -0.610. The minimum atomic E-state index is -0.285. The number of alkyl halides is 1. The van der Waals surface area contributed by atoms with Crippen molar-refractivity contribution >= 4 is 38.6 Å². The Morgan fingerprint density at radius 3 is 2.62 bits per heavy atom. The van der Waals surface area contributed by atoms with Gasteiger partial charge in [0.05, 0.1) is 15.5 Å². The minimum Gasteiger partial charge on any atom is -0.327 e. The molecule has 0 unspecified atom stereocenters. The maximum Gasteiger partial charge on any atom is 0.139 e. The molecule has 0 fully saturated rings. The molecule has 2 nitrogen and oxygen atoms in total. The van der Waals surface area contributed by atoms with Gasteiger partial charge in [-0.05, 0) is 33.3 Å². The zero-order valence-electron chi connectivity index (χ0n) is 12.9. The summed E-state index contributed by atoms with van der Waals surface area (Å²) in [5.41, 5.74) is 1.77. The Balaban J connectivity index is 2.58. The first-order chi connectivity index (χ1) is 9.76. The highest BCUT2D eigenvalue weighted by atomic mass is 79.9. The molecule has 0 spiro atoms. The highest BCUT2D eigenvalue weighted by Crippen LogP contribution is 2.32. The molecular weight excluding hydrogens is 355 g/mol. The molecular formula is C16H21BrClFN2. The number of nitrogens with zero attached hydrogens (tertiary/aromatic N) is 2. The minimum absolute atomic E-state index is 0.121. The van der Waals surface area contributed by atoms with Gasteiger partial charge in [0.1, 0.15) is 11.6 Å². The Kier molecular flexibility index (Phi) is 4.99. The van der Waals surface area contributed by atoms with E-state index >= 15 is 0 Å². The molecule has 0 amide bonds. The molecule has 1 aromatic heterocycles. The van der Waals surface area contributed by atoms with Crippen molar-refractivity contribution in [2.75, 3.05) is 5.88 Å². The van der Waals surface area contributed by atoms with E-state index in [0.29, 0.717) is 28.2 Å². The first-order valence-electron chi connectivity index (χ1n) is 7.16. The first-order valence-corrected chi connectivity index (χ1v) is 8.49. The van der Waals surface area contributed by atoms with E-state index in [0.717, 1.165) is 17.9 Å². The predicted molar refractivity (Wildman–Crippen MR) is 90.4 cm³/mol. The average molecular weight is 376 g/mol. The van der Waals surface area contributed by atoms with Crippen LogP contribution in [0.1, 0.15) is 33.5 Å². The van der Waals surface area contributed by atoms with E-state index in [1.807, 2.05) is 6.07 Å². The van der Waals surface area contributed by atoms with E-state index in [9.17, 15) is 4.39 Å². The van der Waals surface area contributed by atoms with Crippen LogP contribution in [0.2, 0.25) is 0 Å². The number of imidazole rings is 1. The van der Waals surface area contributed by atoms with Crippen molar-refractivity contribution in [3.63, 3.8) is 0 Å². The van der Waals surface area contributed by atoms with Crippen molar-refractivity contribution in [1.82, 2.24) is 9.55 Å². The van der Waals surface area contributed by atoms with E-state index in [2.05, 4.69) is 53.2 Å². The van der Waals surface area contributed by atoms with E-state index in [-0.39, 0.29) is 11.2 Å². The smallest absolute Gasteiger partial charge is 0.139 e. The highest BCUT2D eigenvalue weighted by Gasteiger charge is 2.25. The predicted octanol–water partition coefficient (Wildman–Crippen LogP) is 5.40. The number of hydrogen-bond donors (Lipinski definition) is 0. The van der Waals surface area contributed by atoms with Gasteiger partial charge in [-0.2, -0.15) is 0 Å². The highest BCUT2D eigenvalue weighted by molar-refractivity contribution is 9.10. The monoisotopic (exact) mass is 374 g/mol. The maximum absolute atomic E-state index is 13.7. The third-order valence-corrected chi connectivity index (χ3v) is 5.11. The number of rotatable bonds is 5. The second-order valence-electron chi connectivity index (χ2n) is 6.45. The summed E-state index contributed by atoms with van der Waals surface area (Å²) in [5, 5.41) is 0. The standard InChI is InChI=1S/C16H21BrClFN2/c1-10(2)16(3,4)9-21-14-7-11(17)12(19)8-13(14)20-15(21)5-6-18/h7-8,10H,5-6,9H2,1-4H3. The van der Waals surface area contributed by atoms with E-state index in [1.54, 1.807) is 0 Å². The third kappa shape index (κ3) is 3.42. The van der Waals surface area contributed by atoms with Gasteiger partial charge in [-0.3, -0.25) is 0 Å². The van der Waals surface area contributed by atoms with Crippen LogP contribution < -0.4 is 0 Å². The molecule has 0 aliphatic rings. The summed E-state index contributed by atoms with van der Waals surface area (Å²) in [6.07, 6.45) is 0.684. The van der Waals surface area contributed by atoms with Crippen molar-refractivity contribution in [2.24, 2.45) is 11.3 Å². The summed E-state index contributed by atoms with van der Waals surface area (Å²) >= 11 is 9.16. The SMILES string of the molecule is CC(C)C(C)(C)Cn1c(CCCl)nc2cc(F)c(Br)cc21. The van der Waals surface area contributed by atoms with Crippen LogP contribution in [0.15, 0.2) is 16.6 Å². The van der Waals surface area contributed by atoms with Crippen LogP contribution in [0, 0.1) is 17.2 Å².